The summed E-state index contributed by atoms with van der Waals surface area (Å²) in [4.78, 5) is 40.8. The monoisotopic (exact) mass is 478 g/mol. The second-order valence-electron chi connectivity index (χ2n) is 10.7. The number of carbonyl (C=O) groups excluding carboxylic acids is 2. The summed E-state index contributed by atoms with van der Waals surface area (Å²) in [6.45, 7) is 5.96. The van der Waals surface area contributed by atoms with Gasteiger partial charge in [0.1, 0.15) is 17.6 Å². The molecule has 2 saturated heterocycles. The highest BCUT2D eigenvalue weighted by Crippen LogP contribution is 2.46. The van der Waals surface area contributed by atoms with E-state index in [2.05, 4.69) is 24.3 Å². The summed E-state index contributed by atoms with van der Waals surface area (Å²) >= 11 is 0. The normalized spacial score (nSPS) is 23.0. The van der Waals surface area contributed by atoms with E-state index >= 15 is 0 Å². The van der Waals surface area contributed by atoms with Crippen molar-refractivity contribution in [3.8, 4) is 11.1 Å². The molecule has 2 atom stereocenters. The molecule has 1 aliphatic carbocycles. The molecule has 2 heterocycles. The number of carboxylic acids is 1. The highest BCUT2D eigenvalue weighted by molar-refractivity contribution is 5.82. The Kier molecular flexibility index (Phi) is 5.49. The number of benzene rings is 2. The largest absolute Gasteiger partial charge is 0.481 e. The second-order valence-corrected chi connectivity index (χ2v) is 10.7. The number of carbonyl (C=O) groups is 3. The molecule has 8 heteroatoms. The summed E-state index contributed by atoms with van der Waals surface area (Å²) in [5, 5.41) is 10.1. The van der Waals surface area contributed by atoms with Crippen LogP contribution in [0.5, 0.6) is 0 Å². The van der Waals surface area contributed by atoms with Crippen LogP contribution in [0.15, 0.2) is 48.5 Å². The average molecular weight is 479 g/mol. The fourth-order valence-corrected chi connectivity index (χ4v) is 5.66. The van der Waals surface area contributed by atoms with Crippen LogP contribution in [0.4, 0.5) is 9.59 Å². The van der Waals surface area contributed by atoms with Gasteiger partial charge in [-0.15, -0.1) is 0 Å². The summed E-state index contributed by atoms with van der Waals surface area (Å²) in [5.74, 6) is -1.46. The molecule has 35 heavy (non-hydrogen) atoms. The number of likely N-dealkylation sites (tertiary alicyclic amines) is 2. The number of rotatable bonds is 3. The van der Waals surface area contributed by atoms with Crippen molar-refractivity contribution < 1.29 is 29.0 Å². The molecule has 0 radical (unpaired) electrons. The van der Waals surface area contributed by atoms with Crippen molar-refractivity contribution in [1.29, 1.82) is 0 Å². The lowest BCUT2D eigenvalue weighted by atomic mass is 9.81. The molecule has 0 bridgehead atoms. The third kappa shape index (κ3) is 4.00. The molecule has 0 unspecified atom stereocenters. The van der Waals surface area contributed by atoms with E-state index in [4.69, 9.17) is 9.47 Å². The molecule has 5 rings (SSSR count). The third-order valence-electron chi connectivity index (χ3n) is 7.28. The number of fused-ring (bicyclic) bond motifs is 4. The molecule has 2 aromatic carbocycles. The molecule has 0 saturated carbocycles. The maximum Gasteiger partial charge on any atom is 0.410 e. The van der Waals surface area contributed by atoms with E-state index in [9.17, 15) is 19.5 Å². The zero-order chi connectivity index (χ0) is 25.0. The lowest BCUT2D eigenvalue weighted by Gasteiger charge is -2.27. The van der Waals surface area contributed by atoms with Crippen molar-refractivity contribution in [2.45, 2.75) is 32.3 Å². The van der Waals surface area contributed by atoms with Crippen molar-refractivity contribution in [3.05, 3.63) is 59.7 Å². The van der Waals surface area contributed by atoms with Crippen LogP contribution in [0.3, 0.4) is 0 Å². The van der Waals surface area contributed by atoms with Crippen LogP contribution >= 0.6 is 0 Å². The number of amides is 2. The van der Waals surface area contributed by atoms with Crippen LogP contribution < -0.4 is 0 Å². The average Bonchev–Trinajstić information content (AvgIpc) is 3.44. The van der Waals surface area contributed by atoms with E-state index in [-0.39, 0.29) is 44.6 Å². The van der Waals surface area contributed by atoms with Gasteiger partial charge in [0.05, 0.1) is 0 Å². The van der Waals surface area contributed by atoms with E-state index in [1.165, 1.54) is 9.80 Å². The zero-order valence-electron chi connectivity index (χ0n) is 20.2. The number of hydrogen-bond donors (Lipinski definition) is 1. The second kappa shape index (κ2) is 8.29. The number of ether oxygens (including phenoxy) is 2. The summed E-state index contributed by atoms with van der Waals surface area (Å²) < 4.78 is 11.2. The molecule has 0 aromatic heterocycles. The first-order valence-electron chi connectivity index (χ1n) is 11.9. The standard InChI is InChI=1S/C27H30N2O6/c1-26(2,3)35-25(33)29-13-17-12-28(15-27(17,16-29)23(30)31)24(32)34-14-22-20-10-6-4-8-18(20)19-9-5-7-11-21(19)22/h4-11,17,22H,12-16H2,1-3H3,(H,30,31)/t17-,27-/m0/s1. The Hall–Kier alpha value is -3.55. The molecule has 2 aliphatic heterocycles. The van der Waals surface area contributed by atoms with Gasteiger partial charge in [0.15, 0.2) is 0 Å². The van der Waals surface area contributed by atoms with Crippen LogP contribution in [0.25, 0.3) is 11.1 Å². The van der Waals surface area contributed by atoms with Crippen molar-refractivity contribution in [2.75, 3.05) is 32.8 Å². The molecule has 2 fully saturated rings. The van der Waals surface area contributed by atoms with Crippen LogP contribution in [0, 0.1) is 11.3 Å². The Balaban J connectivity index is 1.26. The minimum Gasteiger partial charge on any atom is -0.481 e. The molecule has 2 amide bonds. The van der Waals surface area contributed by atoms with Crippen LogP contribution in [0.1, 0.15) is 37.8 Å². The summed E-state index contributed by atoms with van der Waals surface area (Å²) in [6, 6.07) is 16.2. The van der Waals surface area contributed by atoms with Gasteiger partial charge in [0.25, 0.3) is 0 Å². The van der Waals surface area contributed by atoms with E-state index in [1.54, 1.807) is 20.8 Å². The smallest absolute Gasteiger partial charge is 0.410 e. The van der Waals surface area contributed by atoms with Gasteiger partial charge in [-0.1, -0.05) is 48.5 Å². The molecule has 8 nitrogen and oxygen atoms in total. The number of hydrogen-bond acceptors (Lipinski definition) is 5. The third-order valence-corrected chi connectivity index (χ3v) is 7.28. The SMILES string of the molecule is CC(C)(C)OC(=O)N1C[C@@H]2CN(C(=O)OCC3c4ccccc4-c4ccccc43)C[C@]2(C(=O)O)C1. The molecule has 0 spiro atoms. The van der Waals surface area contributed by atoms with Crippen LogP contribution in [-0.4, -0.2) is 71.4 Å². The van der Waals surface area contributed by atoms with E-state index in [0.717, 1.165) is 22.3 Å². The maximum absolute atomic E-state index is 13.0. The summed E-state index contributed by atoms with van der Waals surface area (Å²) in [7, 11) is 0. The van der Waals surface area contributed by atoms with Gasteiger partial charge < -0.3 is 24.4 Å². The van der Waals surface area contributed by atoms with Crippen molar-refractivity contribution in [3.63, 3.8) is 0 Å². The minimum atomic E-state index is -1.22. The Bertz CT molecular complexity index is 1140. The first kappa shape index (κ1) is 23.2. The van der Waals surface area contributed by atoms with Crippen molar-refractivity contribution >= 4 is 18.2 Å². The van der Waals surface area contributed by atoms with Gasteiger partial charge in [-0.2, -0.15) is 0 Å². The van der Waals surface area contributed by atoms with Gasteiger partial charge in [0, 0.05) is 38.0 Å². The summed E-state index contributed by atoms with van der Waals surface area (Å²) in [6.07, 6.45) is -1.05. The van der Waals surface area contributed by atoms with Crippen molar-refractivity contribution in [1.82, 2.24) is 9.80 Å². The van der Waals surface area contributed by atoms with Crippen LogP contribution in [0.2, 0.25) is 0 Å². The zero-order valence-corrected chi connectivity index (χ0v) is 20.2. The van der Waals surface area contributed by atoms with Gasteiger partial charge in [-0.05, 0) is 43.0 Å². The fourth-order valence-electron chi connectivity index (χ4n) is 5.66. The highest BCUT2D eigenvalue weighted by atomic mass is 16.6. The first-order chi connectivity index (χ1) is 16.6. The van der Waals surface area contributed by atoms with Crippen molar-refractivity contribution in [2.24, 2.45) is 11.3 Å². The molecular weight excluding hydrogens is 448 g/mol. The molecule has 2 aromatic rings. The Labute approximate surface area is 204 Å². The topological polar surface area (TPSA) is 96.4 Å². The molecule has 1 N–H and O–H groups in total. The number of aliphatic carboxylic acids is 1. The molecule has 3 aliphatic rings. The molecule has 184 valence electrons. The van der Waals surface area contributed by atoms with E-state index < -0.39 is 29.2 Å². The van der Waals surface area contributed by atoms with Gasteiger partial charge >= 0.3 is 18.2 Å². The highest BCUT2D eigenvalue weighted by Gasteiger charge is 2.60. The van der Waals surface area contributed by atoms with Crippen LogP contribution in [-0.2, 0) is 14.3 Å². The Morgan fingerprint density at radius 1 is 0.914 bits per heavy atom. The quantitative estimate of drug-likeness (QED) is 0.711. The molecular formula is C27H30N2O6. The predicted octanol–water partition coefficient (Wildman–Crippen LogP) is 4.19. The Morgan fingerprint density at radius 3 is 1.91 bits per heavy atom. The fraction of sp³-hybridized carbons (Fsp3) is 0.444. The number of carboxylic acid groups (broad SMARTS) is 1. The lowest BCUT2D eigenvalue weighted by molar-refractivity contribution is -0.148. The van der Waals surface area contributed by atoms with Gasteiger partial charge in [-0.3, -0.25) is 4.79 Å². The van der Waals surface area contributed by atoms with Gasteiger partial charge in [-0.25, -0.2) is 9.59 Å². The lowest BCUT2D eigenvalue weighted by Crippen LogP contribution is -2.44. The summed E-state index contributed by atoms with van der Waals surface area (Å²) in [5.41, 5.74) is 2.64. The first-order valence-corrected chi connectivity index (χ1v) is 11.9. The van der Waals surface area contributed by atoms with E-state index in [0.29, 0.717) is 0 Å². The maximum atomic E-state index is 13.0. The van der Waals surface area contributed by atoms with Gasteiger partial charge in [0.2, 0.25) is 0 Å². The van der Waals surface area contributed by atoms with E-state index in [1.807, 2.05) is 24.3 Å². The predicted molar refractivity (Wildman–Crippen MR) is 128 cm³/mol. The Morgan fingerprint density at radius 2 is 1.43 bits per heavy atom. The number of nitrogens with zero attached hydrogens (tertiary/aromatic N) is 2. The minimum absolute atomic E-state index is 0.00295.